The first-order chi connectivity index (χ1) is 4.91. The van der Waals surface area contributed by atoms with Crippen LogP contribution in [0, 0.1) is 0 Å². The summed E-state index contributed by atoms with van der Waals surface area (Å²) in [6, 6.07) is 0. The first-order valence-electron chi connectivity index (χ1n) is 2.35. The van der Waals surface area contributed by atoms with Gasteiger partial charge in [-0.05, 0) is 45.6 Å². The molecule has 0 aliphatic carbocycles. The molecule has 0 bridgehead atoms. The Hall–Kier alpha value is 1.84. The highest BCUT2D eigenvalue weighted by molar-refractivity contribution is 9.41. The lowest BCUT2D eigenvalue weighted by molar-refractivity contribution is 1.84. The van der Waals surface area contributed by atoms with Crippen molar-refractivity contribution in [3.8, 4) is 0 Å². The lowest BCUT2D eigenvalue weighted by Crippen LogP contribution is -1.55. The van der Waals surface area contributed by atoms with Crippen molar-refractivity contribution < 1.29 is 0 Å². The van der Waals surface area contributed by atoms with Crippen LogP contribution in [0.3, 0.4) is 0 Å². The van der Waals surface area contributed by atoms with E-state index < -0.39 is 0 Å². The lowest BCUT2D eigenvalue weighted by atomic mass is 10.8. The molecule has 0 aliphatic heterocycles. The maximum Gasteiger partial charge on any atom is 0.0223 e. The highest BCUT2D eigenvalue weighted by Gasteiger charge is 1.89. The van der Waals surface area contributed by atoms with E-state index in [1.807, 2.05) is 46.3 Å². The summed E-state index contributed by atoms with van der Waals surface area (Å²) in [6.45, 7) is 3.64. The second-order valence-corrected chi connectivity index (χ2v) is 10.7. The van der Waals surface area contributed by atoms with Gasteiger partial charge < -0.3 is 0 Å². The van der Waals surface area contributed by atoms with Crippen LogP contribution in [0.25, 0.3) is 0 Å². The molecule has 0 N–H and O–H groups in total. The van der Waals surface area contributed by atoms with Crippen LogP contribution >= 0.6 is 60.9 Å². The minimum atomic E-state index is 1.03. The largest absolute Gasteiger partial charge is 0.102 e. The molecule has 0 atom stereocenters. The topological polar surface area (TPSA) is 0 Å². The molecule has 10 heavy (non-hydrogen) atoms. The first-order valence-corrected chi connectivity index (χ1v) is 10.4. The third kappa shape index (κ3) is 9.84. The Kier molecular flexibility index (Phi) is 12.8. The van der Waals surface area contributed by atoms with E-state index in [4.69, 9.17) is 0 Å². The summed E-state index contributed by atoms with van der Waals surface area (Å²) in [7, 11) is 10.8. The van der Waals surface area contributed by atoms with Crippen molar-refractivity contribution in [3.63, 3.8) is 0 Å². The fourth-order valence-electron chi connectivity index (χ4n) is 0.146. The average Bonchev–Trinajstić information content (AvgIpc) is 1.97. The SMILES string of the molecule is C=CCSSSSSSC. The van der Waals surface area contributed by atoms with E-state index in [-0.39, 0.29) is 0 Å². The average molecular weight is 249 g/mol. The summed E-state index contributed by atoms with van der Waals surface area (Å²) in [5.41, 5.74) is 0. The van der Waals surface area contributed by atoms with E-state index in [2.05, 4.69) is 12.8 Å². The molecule has 0 nitrogen and oxygen atoms in total. The summed E-state index contributed by atoms with van der Waals surface area (Å²) in [6.07, 6.45) is 4.00. The summed E-state index contributed by atoms with van der Waals surface area (Å²) >= 11 is 0. The van der Waals surface area contributed by atoms with E-state index in [9.17, 15) is 0 Å². The van der Waals surface area contributed by atoms with Crippen LogP contribution in [0.2, 0.25) is 0 Å². The van der Waals surface area contributed by atoms with Gasteiger partial charge in [-0.15, -0.1) is 6.58 Å². The summed E-state index contributed by atoms with van der Waals surface area (Å²) in [4.78, 5) is 0. The molecule has 0 aromatic heterocycles. The minimum Gasteiger partial charge on any atom is -0.102 e. The van der Waals surface area contributed by atoms with Gasteiger partial charge in [-0.25, -0.2) is 0 Å². The molecular formula is C4H8S6. The first kappa shape index (κ1) is 11.8. The van der Waals surface area contributed by atoms with Crippen molar-refractivity contribution in [2.75, 3.05) is 12.0 Å². The zero-order valence-corrected chi connectivity index (χ0v) is 10.3. The van der Waals surface area contributed by atoms with Crippen LogP contribution in [0.5, 0.6) is 0 Å². The van der Waals surface area contributed by atoms with Crippen molar-refractivity contribution in [3.05, 3.63) is 12.7 Å². The normalized spacial score (nSPS) is 9.70. The van der Waals surface area contributed by atoms with E-state index in [1.165, 1.54) is 0 Å². The Labute approximate surface area is 84.9 Å². The van der Waals surface area contributed by atoms with Crippen molar-refractivity contribution in [2.45, 2.75) is 0 Å². The fraction of sp³-hybridized carbons (Fsp3) is 0.500. The number of hydrogen-bond donors (Lipinski definition) is 0. The second-order valence-electron chi connectivity index (χ2n) is 1.01. The molecule has 0 spiro atoms. The molecule has 0 saturated carbocycles. The summed E-state index contributed by atoms with van der Waals surface area (Å²) < 4.78 is 0. The standard InChI is InChI=1S/C4H8S6/c1-3-4-6-8-10-9-7-5-2/h3H,1,4H2,2H3. The van der Waals surface area contributed by atoms with Gasteiger partial charge in [0, 0.05) is 5.75 Å². The van der Waals surface area contributed by atoms with Gasteiger partial charge in [0.25, 0.3) is 0 Å². The molecule has 0 aromatic rings. The quantitative estimate of drug-likeness (QED) is 0.359. The number of hydrogen-bond acceptors (Lipinski definition) is 6. The molecule has 0 radical (unpaired) electrons. The van der Waals surface area contributed by atoms with Gasteiger partial charge in [-0.3, -0.25) is 0 Å². The molecule has 0 unspecified atom stereocenters. The van der Waals surface area contributed by atoms with Crippen molar-refractivity contribution in [2.24, 2.45) is 0 Å². The molecule has 0 rings (SSSR count). The van der Waals surface area contributed by atoms with Gasteiger partial charge in [0.1, 0.15) is 0 Å². The lowest BCUT2D eigenvalue weighted by Gasteiger charge is -1.93. The van der Waals surface area contributed by atoms with Crippen LogP contribution in [0.15, 0.2) is 12.7 Å². The minimum absolute atomic E-state index is 1.03. The highest BCUT2D eigenvalue weighted by Crippen LogP contribution is 2.51. The number of rotatable bonds is 7. The van der Waals surface area contributed by atoms with Crippen molar-refractivity contribution in [1.82, 2.24) is 0 Å². The molecule has 0 saturated heterocycles. The third-order valence-corrected chi connectivity index (χ3v) is 10.9. The fourth-order valence-corrected chi connectivity index (χ4v) is 10.5. The van der Waals surface area contributed by atoms with E-state index >= 15 is 0 Å². The van der Waals surface area contributed by atoms with Gasteiger partial charge in [0.05, 0.1) is 0 Å². The predicted octanol–water partition coefficient (Wildman–Crippen LogP) is 4.78. The molecule has 0 heterocycles. The van der Waals surface area contributed by atoms with Gasteiger partial charge in [0.2, 0.25) is 0 Å². The van der Waals surface area contributed by atoms with Crippen LogP contribution in [-0.2, 0) is 0 Å². The molecular weight excluding hydrogens is 240 g/mol. The van der Waals surface area contributed by atoms with Gasteiger partial charge in [-0.1, -0.05) is 27.7 Å². The predicted molar refractivity (Wildman–Crippen MR) is 66.5 cm³/mol. The van der Waals surface area contributed by atoms with Gasteiger partial charge in [0.15, 0.2) is 0 Å². The molecule has 0 amide bonds. The van der Waals surface area contributed by atoms with E-state index in [1.54, 1.807) is 20.6 Å². The monoisotopic (exact) mass is 248 g/mol. The Morgan fingerprint density at radius 3 is 2.50 bits per heavy atom. The molecule has 60 valence electrons. The molecule has 0 aliphatic rings. The van der Waals surface area contributed by atoms with Gasteiger partial charge in [-0.2, -0.15) is 0 Å². The van der Waals surface area contributed by atoms with E-state index in [0.717, 1.165) is 5.75 Å². The Bertz CT molecular complexity index is 74.1. The van der Waals surface area contributed by atoms with E-state index in [0.29, 0.717) is 0 Å². The van der Waals surface area contributed by atoms with Crippen LogP contribution < -0.4 is 0 Å². The van der Waals surface area contributed by atoms with Crippen molar-refractivity contribution >= 4 is 60.9 Å². The zero-order chi connectivity index (χ0) is 7.66. The zero-order valence-electron chi connectivity index (χ0n) is 5.44. The second kappa shape index (κ2) is 10.8. The summed E-state index contributed by atoms with van der Waals surface area (Å²) in [5.74, 6) is 1.03. The highest BCUT2D eigenvalue weighted by atomic mass is 33.9. The molecule has 6 heteroatoms. The summed E-state index contributed by atoms with van der Waals surface area (Å²) in [5, 5.41) is 0. The third-order valence-electron chi connectivity index (χ3n) is 0.385. The van der Waals surface area contributed by atoms with Crippen molar-refractivity contribution in [1.29, 1.82) is 0 Å². The Morgan fingerprint density at radius 1 is 1.20 bits per heavy atom. The molecule has 0 aromatic carbocycles. The molecule has 0 fully saturated rings. The van der Waals surface area contributed by atoms with Crippen LogP contribution in [0.1, 0.15) is 0 Å². The Balaban J connectivity index is 2.70. The maximum absolute atomic E-state index is 3.64. The van der Waals surface area contributed by atoms with Crippen LogP contribution in [-0.4, -0.2) is 12.0 Å². The van der Waals surface area contributed by atoms with Gasteiger partial charge >= 0.3 is 0 Å². The smallest absolute Gasteiger partial charge is 0.0223 e. The van der Waals surface area contributed by atoms with Crippen LogP contribution in [0.4, 0.5) is 0 Å². The Morgan fingerprint density at radius 2 is 1.90 bits per heavy atom. The maximum atomic E-state index is 3.64.